The highest BCUT2D eigenvalue weighted by Crippen LogP contribution is 2.31. The standard InChI is InChI=1S/C25H29F2N5O4/c1-17-20(18-3-4-22(29-15-18)36-12-9-33)14-25(16-30-17,32-7-10-35-11-8-32)31-23(34)21-13-19(5-6-28-21)24(2,26)27/h3-6,13-17,33H,7-12H2,1-2H3,(H,31,34). The number of rotatable bonds is 8. The Balaban J connectivity index is 1.68. The largest absolute Gasteiger partial charge is 0.475 e. The molecule has 0 radical (unpaired) electrons. The Morgan fingerprint density at radius 1 is 1.31 bits per heavy atom. The fourth-order valence-electron chi connectivity index (χ4n) is 4.14. The number of carbonyl (C=O) groups excluding carboxylic acids is 1. The van der Waals surface area contributed by atoms with Gasteiger partial charge in [0.15, 0.2) is 0 Å². The van der Waals surface area contributed by atoms with Gasteiger partial charge in [-0.25, -0.2) is 13.8 Å². The number of dihydropyridines is 1. The molecule has 1 amide bonds. The molecule has 0 saturated carbocycles. The van der Waals surface area contributed by atoms with Crippen LogP contribution in [0.15, 0.2) is 47.7 Å². The van der Waals surface area contributed by atoms with Crippen molar-refractivity contribution in [1.82, 2.24) is 20.2 Å². The van der Waals surface area contributed by atoms with Gasteiger partial charge in [0, 0.05) is 50.3 Å². The molecule has 11 heteroatoms. The molecular formula is C25H29F2N5O4. The average Bonchev–Trinajstić information content (AvgIpc) is 2.89. The van der Waals surface area contributed by atoms with Gasteiger partial charge >= 0.3 is 0 Å². The molecule has 9 nitrogen and oxygen atoms in total. The molecule has 0 bridgehead atoms. The highest BCUT2D eigenvalue weighted by atomic mass is 19.3. The minimum absolute atomic E-state index is 0.115. The lowest BCUT2D eigenvalue weighted by Gasteiger charge is -2.44. The van der Waals surface area contributed by atoms with Crippen LogP contribution in [0.2, 0.25) is 0 Å². The van der Waals surface area contributed by atoms with Crippen molar-refractivity contribution in [2.24, 2.45) is 4.99 Å². The molecule has 2 aliphatic rings. The molecule has 2 aromatic rings. The van der Waals surface area contributed by atoms with E-state index >= 15 is 0 Å². The number of pyridine rings is 2. The first-order chi connectivity index (χ1) is 17.2. The minimum atomic E-state index is -3.10. The van der Waals surface area contributed by atoms with Crippen molar-refractivity contribution in [1.29, 1.82) is 0 Å². The summed E-state index contributed by atoms with van der Waals surface area (Å²) in [5.41, 5.74) is 0.0809. The molecule has 0 aliphatic carbocycles. The smallest absolute Gasteiger partial charge is 0.271 e. The number of hydrogen-bond donors (Lipinski definition) is 2. The lowest BCUT2D eigenvalue weighted by molar-refractivity contribution is 0.00568. The van der Waals surface area contributed by atoms with Gasteiger partial charge in [0.2, 0.25) is 5.88 Å². The second kappa shape index (κ2) is 10.8. The molecule has 0 spiro atoms. The summed E-state index contributed by atoms with van der Waals surface area (Å²) in [5.74, 6) is -3.32. The van der Waals surface area contributed by atoms with Gasteiger partial charge in [-0.15, -0.1) is 0 Å². The van der Waals surface area contributed by atoms with Crippen LogP contribution >= 0.6 is 0 Å². The number of aliphatic hydroxyl groups is 1. The zero-order valence-electron chi connectivity index (χ0n) is 20.2. The molecule has 1 saturated heterocycles. The topological polar surface area (TPSA) is 109 Å². The number of nitrogens with zero attached hydrogens (tertiary/aromatic N) is 4. The van der Waals surface area contributed by atoms with Crippen molar-refractivity contribution in [3.8, 4) is 5.88 Å². The third-order valence-electron chi connectivity index (χ3n) is 6.08. The summed E-state index contributed by atoms with van der Waals surface area (Å²) >= 11 is 0. The molecule has 2 aromatic heterocycles. The van der Waals surface area contributed by atoms with Crippen LogP contribution in [0.5, 0.6) is 5.88 Å². The summed E-state index contributed by atoms with van der Waals surface area (Å²) in [6.45, 7) is 4.72. The van der Waals surface area contributed by atoms with E-state index in [0.717, 1.165) is 24.1 Å². The van der Waals surface area contributed by atoms with Crippen LogP contribution in [0, 0.1) is 0 Å². The Hall–Kier alpha value is -3.28. The first-order valence-electron chi connectivity index (χ1n) is 11.7. The van der Waals surface area contributed by atoms with E-state index in [9.17, 15) is 13.6 Å². The number of aromatic nitrogens is 2. The Kier molecular flexibility index (Phi) is 7.72. The molecular weight excluding hydrogens is 472 g/mol. The summed E-state index contributed by atoms with van der Waals surface area (Å²) in [7, 11) is 0. The van der Waals surface area contributed by atoms with E-state index in [1.807, 2.05) is 24.0 Å². The van der Waals surface area contributed by atoms with E-state index < -0.39 is 17.5 Å². The van der Waals surface area contributed by atoms with E-state index in [1.165, 1.54) is 12.3 Å². The summed E-state index contributed by atoms with van der Waals surface area (Å²) in [4.78, 5) is 28.3. The van der Waals surface area contributed by atoms with Gasteiger partial charge in [-0.2, -0.15) is 0 Å². The highest BCUT2D eigenvalue weighted by Gasteiger charge is 2.40. The Morgan fingerprint density at radius 2 is 2.08 bits per heavy atom. The number of carbonyl (C=O) groups is 1. The number of halogens is 2. The molecule has 0 aromatic carbocycles. The quantitative estimate of drug-likeness (QED) is 0.571. The molecule has 2 atom stereocenters. The summed E-state index contributed by atoms with van der Waals surface area (Å²) in [5, 5.41) is 11.9. The molecule has 2 N–H and O–H groups in total. The predicted molar refractivity (Wildman–Crippen MR) is 129 cm³/mol. The monoisotopic (exact) mass is 501 g/mol. The van der Waals surface area contributed by atoms with E-state index in [2.05, 4.69) is 20.3 Å². The van der Waals surface area contributed by atoms with Gasteiger partial charge in [0.05, 0.1) is 25.9 Å². The highest BCUT2D eigenvalue weighted by molar-refractivity contribution is 5.97. The predicted octanol–water partition coefficient (Wildman–Crippen LogP) is 2.27. The van der Waals surface area contributed by atoms with Crippen LogP contribution in [0.25, 0.3) is 5.57 Å². The first-order valence-corrected chi connectivity index (χ1v) is 11.7. The first kappa shape index (κ1) is 25.8. The maximum absolute atomic E-state index is 13.9. The van der Waals surface area contributed by atoms with Crippen molar-refractivity contribution in [2.45, 2.75) is 31.5 Å². The Morgan fingerprint density at radius 3 is 2.75 bits per heavy atom. The van der Waals surface area contributed by atoms with Crippen molar-refractivity contribution >= 4 is 17.7 Å². The van der Waals surface area contributed by atoms with Crippen molar-refractivity contribution in [3.05, 3.63) is 59.6 Å². The second-order valence-electron chi connectivity index (χ2n) is 8.71. The van der Waals surface area contributed by atoms with Gasteiger partial charge < -0.3 is 19.9 Å². The number of hydrogen-bond acceptors (Lipinski definition) is 8. The number of alkyl halides is 2. The number of aliphatic imine (C=N–C) groups is 1. The maximum atomic E-state index is 13.9. The number of morpholine rings is 1. The molecule has 2 aliphatic heterocycles. The number of aliphatic hydroxyl groups excluding tert-OH is 1. The summed E-state index contributed by atoms with van der Waals surface area (Å²) in [6.07, 6.45) is 6.44. The fraction of sp³-hybridized carbons (Fsp3) is 0.440. The lowest BCUT2D eigenvalue weighted by Crippen LogP contribution is -2.64. The normalized spacial score (nSPS) is 22.7. The summed E-state index contributed by atoms with van der Waals surface area (Å²) < 4.78 is 38.6. The van der Waals surface area contributed by atoms with E-state index in [1.54, 1.807) is 18.5 Å². The van der Waals surface area contributed by atoms with Gasteiger partial charge in [0.1, 0.15) is 18.0 Å². The number of ether oxygens (including phenoxy) is 2. The molecule has 1 fully saturated rings. The molecule has 36 heavy (non-hydrogen) atoms. The molecule has 4 heterocycles. The average molecular weight is 502 g/mol. The summed E-state index contributed by atoms with van der Waals surface area (Å²) in [6, 6.07) is 5.61. The van der Waals surface area contributed by atoms with Crippen LogP contribution in [-0.4, -0.2) is 83.3 Å². The third kappa shape index (κ3) is 5.75. The number of nitrogens with one attached hydrogen (secondary N) is 1. The second-order valence-corrected chi connectivity index (χ2v) is 8.71. The molecule has 2 unspecified atom stereocenters. The van der Waals surface area contributed by atoms with E-state index in [4.69, 9.17) is 14.6 Å². The Labute approximate surface area is 207 Å². The fourth-order valence-corrected chi connectivity index (χ4v) is 4.14. The molecule has 4 rings (SSSR count). The van der Waals surface area contributed by atoms with Crippen LogP contribution in [0.3, 0.4) is 0 Å². The van der Waals surface area contributed by atoms with Gasteiger partial charge in [-0.3, -0.25) is 19.7 Å². The maximum Gasteiger partial charge on any atom is 0.271 e. The third-order valence-corrected chi connectivity index (χ3v) is 6.08. The SMILES string of the molecule is CC1N=CC(NC(=O)c2cc(C(C)(F)F)ccn2)(N2CCOCC2)C=C1c1ccc(OCCO)nc1. The van der Waals surface area contributed by atoms with Crippen LogP contribution < -0.4 is 10.1 Å². The van der Waals surface area contributed by atoms with Gasteiger partial charge in [0.25, 0.3) is 11.8 Å². The molecule has 192 valence electrons. The van der Waals surface area contributed by atoms with Gasteiger partial charge in [-0.05, 0) is 42.3 Å². The Bertz CT molecular complexity index is 1130. The van der Waals surface area contributed by atoms with Crippen LogP contribution in [0.4, 0.5) is 8.78 Å². The van der Waals surface area contributed by atoms with Gasteiger partial charge in [-0.1, -0.05) is 0 Å². The van der Waals surface area contributed by atoms with E-state index in [-0.39, 0.29) is 30.5 Å². The van der Waals surface area contributed by atoms with Crippen LogP contribution in [-0.2, 0) is 10.7 Å². The van der Waals surface area contributed by atoms with Crippen molar-refractivity contribution in [3.63, 3.8) is 0 Å². The lowest BCUT2D eigenvalue weighted by atomic mass is 9.92. The van der Waals surface area contributed by atoms with E-state index in [0.29, 0.717) is 32.2 Å². The van der Waals surface area contributed by atoms with Crippen LogP contribution in [0.1, 0.15) is 35.5 Å². The zero-order valence-corrected chi connectivity index (χ0v) is 20.2. The zero-order chi connectivity index (χ0) is 25.8. The number of amides is 1. The minimum Gasteiger partial charge on any atom is -0.475 e. The van der Waals surface area contributed by atoms with Crippen molar-refractivity contribution in [2.75, 3.05) is 39.5 Å². The van der Waals surface area contributed by atoms with Crippen molar-refractivity contribution < 1.29 is 28.2 Å².